The van der Waals surface area contributed by atoms with Crippen LogP contribution in [0.3, 0.4) is 0 Å². The van der Waals surface area contributed by atoms with E-state index in [2.05, 4.69) is 61.3 Å². The van der Waals surface area contributed by atoms with Crippen molar-refractivity contribution in [2.75, 3.05) is 19.6 Å². The number of benzene rings is 1. The Balaban J connectivity index is 1.89. The van der Waals surface area contributed by atoms with Crippen LogP contribution in [0, 0.1) is 5.92 Å². The normalized spacial score (nSPS) is 24.8. The molecule has 1 heterocycles. The van der Waals surface area contributed by atoms with E-state index in [0.29, 0.717) is 12.1 Å². The molecule has 1 aliphatic rings. The van der Waals surface area contributed by atoms with Gasteiger partial charge in [-0.1, -0.05) is 44.2 Å². The van der Waals surface area contributed by atoms with Crippen molar-refractivity contribution < 1.29 is 0 Å². The van der Waals surface area contributed by atoms with Crippen LogP contribution in [0.4, 0.5) is 0 Å². The second-order valence-electron chi connectivity index (χ2n) is 6.25. The maximum absolute atomic E-state index is 3.67. The minimum absolute atomic E-state index is 0.497. The van der Waals surface area contributed by atoms with Crippen molar-refractivity contribution in [3.63, 3.8) is 0 Å². The van der Waals surface area contributed by atoms with Crippen LogP contribution in [0.25, 0.3) is 0 Å². The highest BCUT2D eigenvalue weighted by molar-refractivity contribution is 5.20. The van der Waals surface area contributed by atoms with Crippen molar-refractivity contribution in [2.24, 2.45) is 5.92 Å². The molecule has 1 aromatic rings. The lowest BCUT2D eigenvalue weighted by molar-refractivity contribution is 0.137. The maximum atomic E-state index is 3.67. The minimum atomic E-state index is 0.497. The first kappa shape index (κ1) is 14.5. The van der Waals surface area contributed by atoms with Crippen molar-refractivity contribution >= 4 is 0 Å². The van der Waals surface area contributed by atoms with E-state index in [9.17, 15) is 0 Å². The summed E-state index contributed by atoms with van der Waals surface area (Å²) in [5.74, 6) is 0.822. The van der Waals surface area contributed by atoms with Crippen LogP contribution in [0.5, 0.6) is 0 Å². The summed E-state index contributed by atoms with van der Waals surface area (Å²) in [7, 11) is 0. The summed E-state index contributed by atoms with van der Waals surface area (Å²) >= 11 is 0. The lowest BCUT2D eigenvalue weighted by atomic mass is 10.0. The summed E-state index contributed by atoms with van der Waals surface area (Å²) in [6.07, 6.45) is 2.66. The van der Waals surface area contributed by atoms with Gasteiger partial charge < -0.3 is 5.32 Å². The van der Waals surface area contributed by atoms with Gasteiger partial charge in [0.1, 0.15) is 0 Å². The summed E-state index contributed by atoms with van der Waals surface area (Å²) in [6.45, 7) is 10.4. The van der Waals surface area contributed by atoms with Gasteiger partial charge in [0.2, 0.25) is 0 Å². The van der Waals surface area contributed by atoms with Gasteiger partial charge in [0.15, 0.2) is 0 Å². The van der Waals surface area contributed by atoms with Gasteiger partial charge in [-0.05, 0) is 37.8 Å². The fourth-order valence-electron chi connectivity index (χ4n) is 2.84. The third kappa shape index (κ3) is 4.32. The van der Waals surface area contributed by atoms with Crippen LogP contribution in [0.1, 0.15) is 45.2 Å². The van der Waals surface area contributed by atoms with Crippen molar-refractivity contribution in [2.45, 2.75) is 45.7 Å². The van der Waals surface area contributed by atoms with E-state index in [1.165, 1.54) is 24.9 Å². The van der Waals surface area contributed by atoms with E-state index in [-0.39, 0.29) is 0 Å². The predicted octanol–water partition coefficient (Wildman–Crippen LogP) is 3.46. The van der Waals surface area contributed by atoms with Crippen molar-refractivity contribution in [3.05, 3.63) is 35.9 Å². The molecule has 2 heteroatoms. The molecule has 19 heavy (non-hydrogen) atoms. The molecule has 0 radical (unpaired) electrons. The Labute approximate surface area is 118 Å². The van der Waals surface area contributed by atoms with E-state index in [1.54, 1.807) is 0 Å². The molecule has 1 N–H and O–H groups in total. The third-order valence-corrected chi connectivity index (χ3v) is 4.13. The van der Waals surface area contributed by atoms with Gasteiger partial charge in [-0.3, -0.25) is 4.90 Å². The molecule has 0 amide bonds. The van der Waals surface area contributed by atoms with Crippen LogP contribution in [0.15, 0.2) is 30.3 Å². The Morgan fingerprint density at radius 3 is 2.68 bits per heavy atom. The molecule has 1 saturated heterocycles. The number of hydrogen-bond donors (Lipinski definition) is 1. The topological polar surface area (TPSA) is 15.3 Å². The predicted molar refractivity (Wildman–Crippen MR) is 82.3 cm³/mol. The quantitative estimate of drug-likeness (QED) is 0.872. The number of hydrogen-bond acceptors (Lipinski definition) is 2. The number of piperazine rings is 1. The van der Waals surface area contributed by atoms with E-state index >= 15 is 0 Å². The molecule has 0 aliphatic carbocycles. The second-order valence-corrected chi connectivity index (χ2v) is 6.25. The van der Waals surface area contributed by atoms with Gasteiger partial charge in [-0.2, -0.15) is 0 Å². The first-order valence-electron chi connectivity index (χ1n) is 7.69. The standard InChI is InChI=1S/C17H28N2/c1-14(2)8-7-11-19-13-17(18-12-15(19)3)16-9-5-4-6-10-16/h4-6,9-10,14-15,17-18H,7-8,11-13H2,1-3H3. The molecule has 0 aromatic heterocycles. The summed E-state index contributed by atoms with van der Waals surface area (Å²) in [5, 5.41) is 3.67. The third-order valence-electron chi connectivity index (χ3n) is 4.13. The highest BCUT2D eigenvalue weighted by atomic mass is 15.2. The molecule has 0 spiro atoms. The average molecular weight is 260 g/mol. The zero-order valence-corrected chi connectivity index (χ0v) is 12.6. The molecule has 1 fully saturated rings. The average Bonchev–Trinajstić information content (AvgIpc) is 2.41. The Morgan fingerprint density at radius 1 is 1.26 bits per heavy atom. The van der Waals surface area contributed by atoms with Crippen molar-refractivity contribution in [1.82, 2.24) is 10.2 Å². The van der Waals surface area contributed by atoms with Crippen LogP contribution >= 0.6 is 0 Å². The number of nitrogens with zero attached hydrogens (tertiary/aromatic N) is 1. The highest BCUT2D eigenvalue weighted by Gasteiger charge is 2.25. The summed E-state index contributed by atoms with van der Waals surface area (Å²) in [6, 6.07) is 12.0. The summed E-state index contributed by atoms with van der Waals surface area (Å²) in [5.41, 5.74) is 1.42. The van der Waals surface area contributed by atoms with Gasteiger partial charge in [-0.25, -0.2) is 0 Å². The van der Waals surface area contributed by atoms with Crippen LogP contribution in [-0.4, -0.2) is 30.6 Å². The molecule has 0 bridgehead atoms. The van der Waals surface area contributed by atoms with Crippen molar-refractivity contribution in [3.8, 4) is 0 Å². The number of nitrogens with one attached hydrogen (secondary N) is 1. The fraction of sp³-hybridized carbons (Fsp3) is 0.647. The van der Waals surface area contributed by atoms with Gasteiger partial charge in [0, 0.05) is 25.2 Å². The van der Waals surface area contributed by atoms with E-state index < -0.39 is 0 Å². The maximum Gasteiger partial charge on any atom is 0.0449 e. The highest BCUT2D eigenvalue weighted by Crippen LogP contribution is 2.20. The van der Waals surface area contributed by atoms with Crippen LogP contribution in [-0.2, 0) is 0 Å². The molecule has 1 aliphatic heterocycles. The van der Waals surface area contributed by atoms with Gasteiger partial charge in [0.05, 0.1) is 0 Å². The van der Waals surface area contributed by atoms with E-state index in [1.807, 2.05) is 0 Å². The zero-order chi connectivity index (χ0) is 13.7. The molecular weight excluding hydrogens is 232 g/mol. The van der Waals surface area contributed by atoms with Crippen molar-refractivity contribution in [1.29, 1.82) is 0 Å². The van der Waals surface area contributed by atoms with E-state index in [4.69, 9.17) is 0 Å². The SMILES string of the molecule is CC(C)CCCN1CC(c2ccccc2)NCC1C. The Hall–Kier alpha value is -0.860. The monoisotopic (exact) mass is 260 g/mol. The number of rotatable bonds is 5. The lowest BCUT2D eigenvalue weighted by Crippen LogP contribution is -2.51. The molecule has 0 saturated carbocycles. The summed E-state index contributed by atoms with van der Waals surface area (Å²) < 4.78 is 0. The first-order valence-corrected chi connectivity index (χ1v) is 7.69. The first-order chi connectivity index (χ1) is 9.16. The largest absolute Gasteiger partial charge is 0.307 e. The zero-order valence-electron chi connectivity index (χ0n) is 12.6. The molecule has 2 nitrogen and oxygen atoms in total. The summed E-state index contributed by atoms with van der Waals surface area (Å²) in [4.78, 5) is 2.65. The van der Waals surface area contributed by atoms with Gasteiger partial charge in [0.25, 0.3) is 0 Å². The smallest absolute Gasteiger partial charge is 0.0449 e. The Kier molecular flexibility index (Phi) is 5.41. The Bertz CT molecular complexity index is 361. The molecule has 2 atom stereocenters. The fourth-order valence-corrected chi connectivity index (χ4v) is 2.84. The minimum Gasteiger partial charge on any atom is -0.307 e. The molecular formula is C17H28N2. The molecule has 2 rings (SSSR count). The molecule has 106 valence electrons. The lowest BCUT2D eigenvalue weighted by Gasteiger charge is -2.39. The van der Waals surface area contributed by atoms with Crippen LogP contribution < -0.4 is 5.32 Å². The van der Waals surface area contributed by atoms with Gasteiger partial charge in [-0.15, -0.1) is 0 Å². The molecule has 2 unspecified atom stereocenters. The van der Waals surface area contributed by atoms with E-state index in [0.717, 1.165) is 19.0 Å². The second kappa shape index (κ2) is 7.06. The van der Waals surface area contributed by atoms with Gasteiger partial charge >= 0.3 is 0 Å². The molecule has 1 aromatic carbocycles. The van der Waals surface area contributed by atoms with Crippen LogP contribution in [0.2, 0.25) is 0 Å². The Morgan fingerprint density at radius 2 is 2.00 bits per heavy atom.